The van der Waals surface area contributed by atoms with Gasteiger partial charge in [0.05, 0.1) is 6.61 Å². The number of nitrogens with one attached hydrogen (secondary N) is 1. The van der Waals surface area contributed by atoms with Crippen LogP contribution in [0.1, 0.15) is 53.9 Å². The summed E-state index contributed by atoms with van der Waals surface area (Å²) >= 11 is 0. The van der Waals surface area contributed by atoms with Crippen LogP contribution >= 0.6 is 0 Å². The first-order valence-electron chi connectivity index (χ1n) is 9.06. The average molecular weight is 299 g/mol. The van der Waals surface area contributed by atoms with Gasteiger partial charge in [0.1, 0.15) is 0 Å². The SMILES string of the molecule is CCNC1CCOCC1CN(CCC(C)C)CCC(C)C. The summed E-state index contributed by atoms with van der Waals surface area (Å²) < 4.78 is 5.74. The Balaban J connectivity index is 2.50. The van der Waals surface area contributed by atoms with E-state index in [2.05, 4.69) is 44.8 Å². The monoisotopic (exact) mass is 298 g/mol. The van der Waals surface area contributed by atoms with E-state index in [-0.39, 0.29) is 0 Å². The van der Waals surface area contributed by atoms with Crippen LogP contribution in [-0.2, 0) is 4.74 Å². The Kier molecular flexibility index (Phi) is 9.54. The molecule has 2 unspecified atom stereocenters. The minimum Gasteiger partial charge on any atom is -0.381 e. The minimum absolute atomic E-state index is 0.643. The molecular formula is C18H38N2O. The zero-order chi connectivity index (χ0) is 15.7. The van der Waals surface area contributed by atoms with Crippen molar-refractivity contribution < 1.29 is 4.74 Å². The van der Waals surface area contributed by atoms with E-state index in [0.717, 1.165) is 31.6 Å². The molecule has 0 aliphatic carbocycles. The van der Waals surface area contributed by atoms with E-state index in [0.29, 0.717) is 12.0 Å². The number of hydrogen-bond donors (Lipinski definition) is 1. The highest BCUT2D eigenvalue weighted by Crippen LogP contribution is 2.18. The second-order valence-electron chi connectivity index (χ2n) is 7.45. The van der Waals surface area contributed by atoms with Gasteiger partial charge in [-0.25, -0.2) is 0 Å². The third-order valence-corrected chi connectivity index (χ3v) is 4.48. The fourth-order valence-electron chi connectivity index (χ4n) is 3.02. The fourth-order valence-corrected chi connectivity index (χ4v) is 3.02. The largest absolute Gasteiger partial charge is 0.381 e. The van der Waals surface area contributed by atoms with Gasteiger partial charge < -0.3 is 15.0 Å². The Labute approximate surface area is 132 Å². The lowest BCUT2D eigenvalue weighted by Gasteiger charge is -2.36. The molecule has 0 spiro atoms. The van der Waals surface area contributed by atoms with Crippen LogP contribution < -0.4 is 5.32 Å². The molecule has 3 heteroatoms. The molecule has 0 aromatic rings. The van der Waals surface area contributed by atoms with Crippen LogP contribution in [0.5, 0.6) is 0 Å². The lowest BCUT2D eigenvalue weighted by molar-refractivity contribution is 0.0158. The summed E-state index contributed by atoms with van der Waals surface area (Å²) in [4.78, 5) is 2.68. The Hall–Kier alpha value is -0.120. The van der Waals surface area contributed by atoms with Crippen LogP contribution in [-0.4, -0.2) is 50.3 Å². The van der Waals surface area contributed by atoms with Crippen molar-refractivity contribution in [2.45, 2.75) is 59.9 Å². The molecule has 126 valence electrons. The first-order valence-corrected chi connectivity index (χ1v) is 9.06. The second-order valence-corrected chi connectivity index (χ2v) is 7.45. The first-order chi connectivity index (χ1) is 10.0. The molecule has 1 aliphatic rings. The summed E-state index contributed by atoms with van der Waals surface area (Å²) in [6.45, 7) is 18.1. The molecular weight excluding hydrogens is 260 g/mol. The van der Waals surface area contributed by atoms with Gasteiger partial charge in [0, 0.05) is 25.1 Å². The van der Waals surface area contributed by atoms with Crippen molar-refractivity contribution in [3.8, 4) is 0 Å². The standard InChI is InChI=1S/C18H38N2O/c1-6-19-18-9-12-21-14-17(18)13-20(10-7-15(2)3)11-8-16(4)5/h15-19H,6-14H2,1-5H3. The van der Waals surface area contributed by atoms with E-state index in [9.17, 15) is 0 Å². The molecule has 2 atom stereocenters. The van der Waals surface area contributed by atoms with Crippen molar-refractivity contribution in [1.29, 1.82) is 0 Å². The Bertz CT molecular complexity index is 242. The normalized spacial score (nSPS) is 23.4. The maximum atomic E-state index is 5.74. The van der Waals surface area contributed by atoms with Crippen molar-refractivity contribution in [2.24, 2.45) is 17.8 Å². The maximum Gasteiger partial charge on any atom is 0.0521 e. The van der Waals surface area contributed by atoms with E-state index >= 15 is 0 Å². The molecule has 1 fully saturated rings. The van der Waals surface area contributed by atoms with Crippen LogP contribution in [0.3, 0.4) is 0 Å². The summed E-state index contributed by atoms with van der Waals surface area (Å²) in [5, 5.41) is 3.66. The molecule has 0 aromatic heterocycles. The summed E-state index contributed by atoms with van der Waals surface area (Å²) in [5.74, 6) is 2.23. The average Bonchev–Trinajstić information content (AvgIpc) is 2.43. The molecule has 0 amide bonds. The van der Waals surface area contributed by atoms with Crippen LogP contribution in [0.15, 0.2) is 0 Å². The van der Waals surface area contributed by atoms with Crippen molar-refractivity contribution in [3.63, 3.8) is 0 Å². The number of ether oxygens (including phenoxy) is 1. The number of nitrogens with zero attached hydrogens (tertiary/aromatic N) is 1. The van der Waals surface area contributed by atoms with Crippen molar-refractivity contribution in [3.05, 3.63) is 0 Å². The summed E-state index contributed by atoms with van der Waals surface area (Å²) in [7, 11) is 0. The van der Waals surface area contributed by atoms with Gasteiger partial charge in [-0.3, -0.25) is 0 Å². The molecule has 1 aliphatic heterocycles. The lowest BCUT2D eigenvalue weighted by Crippen LogP contribution is -2.48. The molecule has 3 nitrogen and oxygen atoms in total. The zero-order valence-electron chi connectivity index (χ0n) is 15.0. The molecule has 0 aromatic carbocycles. The van der Waals surface area contributed by atoms with E-state index in [1.54, 1.807) is 0 Å². The van der Waals surface area contributed by atoms with E-state index in [4.69, 9.17) is 4.74 Å². The summed E-state index contributed by atoms with van der Waals surface area (Å²) in [5.41, 5.74) is 0. The molecule has 1 heterocycles. The quantitative estimate of drug-likeness (QED) is 0.669. The van der Waals surface area contributed by atoms with E-state index in [1.165, 1.54) is 38.9 Å². The van der Waals surface area contributed by atoms with Gasteiger partial charge in [0.25, 0.3) is 0 Å². The molecule has 0 bridgehead atoms. The third-order valence-electron chi connectivity index (χ3n) is 4.48. The molecule has 21 heavy (non-hydrogen) atoms. The van der Waals surface area contributed by atoms with Crippen molar-refractivity contribution >= 4 is 0 Å². The molecule has 1 rings (SSSR count). The summed E-state index contributed by atoms with van der Waals surface area (Å²) in [6, 6.07) is 0.643. The van der Waals surface area contributed by atoms with Crippen LogP contribution in [0, 0.1) is 17.8 Å². The Morgan fingerprint density at radius 2 is 1.71 bits per heavy atom. The fraction of sp³-hybridized carbons (Fsp3) is 1.00. The van der Waals surface area contributed by atoms with Crippen LogP contribution in [0.2, 0.25) is 0 Å². The smallest absolute Gasteiger partial charge is 0.0521 e. The maximum absolute atomic E-state index is 5.74. The van der Waals surface area contributed by atoms with Crippen molar-refractivity contribution in [1.82, 2.24) is 10.2 Å². The third kappa shape index (κ3) is 8.18. The molecule has 1 saturated heterocycles. The van der Waals surface area contributed by atoms with Gasteiger partial charge in [-0.2, -0.15) is 0 Å². The number of rotatable bonds is 10. The highest BCUT2D eigenvalue weighted by molar-refractivity contribution is 4.82. The molecule has 0 radical (unpaired) electrons. The van der Waals surface area contributed by atoms with E-state index in [1.807, 2.05) is 0 Å². The highest BCUT2D eigenvalue weighted by Gasteiger charge is 2.26. The van der Waals surface area contributed by atoms with Crippen molar-refractivity contribution in [2.75, 3.05) is 39.4 Å². The first kappa shape index (κ1) is 18.9. The topological polar surface area (TPSA) is 24.5 Å². The summed E-state index contributed by atoms with van der Waals surface area (Å²) in [6.07, 6.45) is 3.77. The van der Waals surface area contributed by atoms with Crippen LogP contribution in [0.4, 0.5) is 0 Å². The zero-order valence-corrected chi connectivity index (χ0v) is 15.0. The minimum atomic E-state index is 0.643. The van der Waals surface area contributed by atoms with Crippen LogP contribution in [0.25, 0.3) is 0 Å². The predicted molar refractivity (Wildman–Crippen MR) is 91.7 cm³/mol. The van der Waals surface area contributed by atoms with E-state index < -0.39 is 0 Å². The van der Waals surface area contributed by atoms with Gasteiger partial charge in [-0.1, -0.05) is 34.6 Å². The molecule has 1 N–H and O–H groups in total. The van der Waals surface area contributed by atoms with Gasteiger partial charge in [-0.05, 0) is 50.7 Å². The Morgan fingerprint density at radius 3 is 2.24 bits per heavy atom. The van der Waals surface area contributed by atoms with Gasteiger partial charge in [0.15, 0.2) is 0 Å². The van der Waals surface area contributed by atoms with Gasteiger partial charge in [-0.15, -0.1) is 0 Å². The van der Waals surface area contributed by atoms with Gasteiger partial charge >= 0.3 is 0 Å². The Morgan fingerprint density at radius 1 is 1.10 bits per heavy atom. The highest BCUT2D eigenvalue weighted by atomic mass is 16.5. The number of hydrogen-bond acceptors (Lipinski definition) is 3. The predicted octanol–water partition coefficient (Wildman–Crippen LogP) is 3.40. The lowest BCUT2D eigenvalue weighted by atomic mass is 9.94. The molecule has 0 saturated carbocycles. The second kappa shape index (κ2) is 10.6. The van der Waals surface area contributed by atoms with Gasteiger partial charge in [0.2, 0.25) is 0 Å².